The molecule has 0 spiro atoms. The number of carbonyl (C=O) groups excluding carboxylic acids is 4. The van der Waals surface area contributed by atoms with Crippen molar-refractivity contribution in [3.05, 3.63) is 168 Å². The standard InChI is InChI=1S/C14H21N3.C13H18O.C12H18.C9H20.C8H11NO.C8H18.C6H14S.C6H6.C5H11NO.C5H10O.C5H10.C4H11N.C4H10O.C4H10S.2U/c1-11(2)17-13(10-16(4)15-3)9-12-7-5-6-8-14(12)17;1-4-11-5-7-12(8-6-11)13(14)9-10(2)3;1-4-5-11-6-8-12(9-7-11)10(2)3;1-6-8(4)9(5)7(2)3;1-6(2)9-7(3)4-5-8(9)10;1-6(2)8(5)7(3)4;1-5(2)6(3)4-7;1-6-4-2-3-5-6;1-4(2)5(7)6-3;1-4(2)5(3)6;1-4-5(2)3;2*1-4(2)5-3;1-4(2)3-5;;/h5-9,11,15H,10H2,1-4H3;5-8,10H,4,9H2,1-3H3;6-10H,4-5H2,1-3H3;7-9H,6H2,1-5H3;4-6H,3H2,1-2H3;6-8H,1-5H3;5-7H,4H2,1-3H3;5H,2H2,1H3;4H,1-3H3,(H,6,7);4H,1-3H3;4-5H,1H2,2-3H3;4-5H,1-3H3;4H,1-3H3;4-5H,3H2,1-2H3;;/q;;;;;;;-2;;;;;;;;. The number of fused-ring (bicyclic) bond motifs is 1. The number of carbonyl (C=O) groups is 4. The first-order valence-corrected chi connectivity index (χ1v) is 45.3. The maximum absolute atomic E-state index is 11.7. The molecule has 0 radical (unpaired) electrons. The quantitative estimate of drug-likeness (QED) is 0.0146. The van der Waals surface area contributed by atoms with Gasteiger partial charge in [0.15, 0.2) is 5.78 Å². The minimum absolute atomic E-state index is 0. The zero-order valence-corrected chi connectivity index (χ0v) is 94.4. The maximum atomic E-state index is 11.7. The zero-order chi connectivity index (χ0) is 92.3. The summed E-state index contributed by atoms with van der Waals surface area (Å²) >= 11 is 8.17. The van der Waals surface area contributed by atoms with E-state index in [0.29, 0.717) is 42.4 Å². The van der Waals surface area contributed by atoms with Gasteiger partial charge in [-0.3, -0.25) is 24.6 Å². The van der Waals surface area contributed by atoms with Gasteiger partial charge in [0.2, 0.25) is 5.91 Å². The molecular weight excluding hydrogens is 1940 g/mol. The van der Waals surface area contributed by atoms with Crippen molar-refractivity contribution in [2.75, 3.05) is 46.8 Å². The first-order chi connectivity index (χ1) is 53.7. The average molecular weight is 2130 g/mol. The minimum atomic E-state index is 0. The number of benzene rings is 3. The average Bonchev–Trinajstić information content (AvgIpc) is 1.65. The molecule has 3 aromatic carbocycles. The summed E-state index contributed by atoms with van der Waals surface area (Å²) in [6.07, 6.45) is 19.9. The van der Waals surface area contributed by atoms with Gasteiger partial charge in [-0.1, -0.05) is 293 Å². The SMILES string of the molecule is C=C1C=CC(=O)N1C(C)C.C=CC(C)C.CC(=O)C(C)C.CC(C)C(C)C(C)C.CC(C)C(C)CS.CC(C)CS.CC1=[C-]C[C-]=C1.CCC(C)C(C)C(C)C.CCCc1ccc(C(C)C)cc1.CCc1ccc(C(=O)CC(C)C)cc1.CNC(=O)C(C)C.CNC(C)C.CNN(C)Cc1cc2ccccc2n1C(C)C.COC(C)C.[U].[U]. The van der Waals surface area contributed by atoms with E-state index in [1.807, 2.05) is 113 Å². The van der Waals surface area contributed by atoms with Crippen LogP contribution < -0.4 is 16.1 Å². The largest absolute Gasteiger partial charge is 0.392 e. The Morgan fingerprint density at radius 1 is 0.627 bits per heavy atom. The van der Waals surface area contributed by atoms with Gasteiger partial charge in [-0.05, 0) is 198 Å². The molecule has 0 saturated carbocycles. The van der Waals surface area contributed by atoms with Crippen LogP contribution in [0.3, 0.4) is 0 Å². The van der Waals surface area contributed by atoms with Crippen molar-refractivity contribution < 1.29 is 86.1 Å². The van der Waals surface area contributed by atoms with E-state index < -0.39 is 0 Å². The van der Waals surface area contributed by atoms with Gasteiger partial charge < -0.3 is 48.6 Å². The fourth-order valence-electron chi connectivity index (χ4n) is 8.86. The van der Waals surface area contributed by atoms with Gasteiger partial charge in [-0.2, -0.15) is 25.3 Å². The number of aryl methyl sites for hydroxylation is 2. The van der Waals surface area contributed by atoms with Crippen molar-refractivity contribution in [3.63, 3.8) is 0 Å². The number of methoxy groups -OCH3 is 1. The van der Waals surface area contributed by atoms with E-state index in [-0.39, 0.29) is 103 Å². The molecule has 682 valence electrons. The molecule has 1 aromatic heterocycles. The number of nitrogens with one attached hydrogen (secondary N) is 3. The van der Waals surface area contributed by atoms with Gasteiger partial charge in [0, 0.05) is 148 Å². The van der Waals surface area contributed by atoms with E-state index in [1.165, 1.54) is 58.1 Å². The van der Waals surface area contributed by atoms with Crippen LogP contribution in [0.15, 0.2) is 128 Å². The molecule has 0 fully saturated rings. The number of Topliss-reactive ketones (excluding diaryl/α,β-unsaturated/α-hetero) is 2. The van der Waals surface area contributed by atoms with E-state index in [0.717, 1.165) is 95.4 Å². The van der Waals surface area contributed by atoms with Crippen LogP contribution in [0.4, 0.5) is 0 Å². The number of para-hydroxylation sites is 1. The Morgan fingerprint density at radius 2 is 1.08 bits per heavy atom. The van der Waals surface area contributed by atoms with Gasteiger partial charge >= 0.3 is 0 Å². The number of aromatic nitrogens is 1. The van der Waals surface area contributed by atoms with Crippen LogP contribution in [0, 0.1) is 151 Å². The van der Waals surface area contributed by atoms with Crippen LogP contribution in [0.5, 0.6) is 0 Å². The zero-order valence-electron chi connectivity index (χ0n) is 84.3. The third-order valence-corrected chi connectivity index (χ3v) is 20.8. The molecule has 15 heteroatoms. The first kappa shape index (κ1) is 135. The first-order valence-electron chi connectivity index (χ1n) is 44.0. The topological polar surface area (TPSA) is 125 Å². The molecular formula is C103H188N6O5S2U2-2. The van der Waals surface area contributed by atoms with E-state index in [4.69, 9.17) is 4.74 Å². The molecule has 118 heavy (non-hydrogen) atoms. The third-order valence-electron chi connectivity index (χ3n) is 19.4. The second-order valence-electron chi connectivity index (χ2n) is 35.0. The minimum Gasteiger partial charge on any atom is -0.392 e. The summed E-state index contributed by atoms with van der Waals surface area (Å²) in [4.78, 5) is 44.9. The van der Waals surface area contributed by atoms with Gasteiger partial charge in [0.25, 0.3) is 5.91 Å². The second kappa shape index (κ2) is 84.7. The number of thiol groups is 2. The van der Waals surface area contributed by atoms with Crippen LogP contribution in [0.25, 0.3) is 10.9 Å². The van der Waals surface area contributed by atoms with Crippen LogP contribution >= 0.6 is 25.3 Å². The van der Waals surface area contributed by atoms with E-state index in [1.54, 1.807) is 38.1 Å². The summed E-state index contributed by atoms with van der Waals surface area (Å²) in [5, 5.41) is 8.96. The van der Waals surface area contributed by atoms with Crippen LogP contribution in [0.2, 0.25) is 0 Å². The summed E-state index contributed by atoms with van der Waals surface area (Å²) in [6.45, 7) is 87.0. The van der Waals surface area contributed by atoms with E-state index in [2.05, 4.69) is 325 Å². The van der Waals surface area contributed by atoms with Gasteiger partial charge in [0.1, 0.15) is 5.78 Å². The normalized spacial score (nSPS) is 12.2. The molecule has 11 nitrogen and oxygen atoms in total. The molecule has 2 aliphatic rings. The van der Waals surface area contributed by atoms with Crippen molar-refractivity contribution in [1.82, 2.24) is 30.5 Å². The van der Waals surface area contributed by atoms with Gasteiger partial charge in [-0.25, -0.2) is 11.4 Å². The predicted octanol–water partition coefficient (Wildman–Crippen LogP) is 28.0. The number of hydrogen-bond donors (Lipinski definition) is 5. The van der Waals surface area contributed by atoms with Crippen molar-refractivity contribution in [2.24, 2.45) is 76.9 Å². The Labute approximate surface area is 792 Å². The molecule has 3 atom stereocenters. The van der Waals surface area contributed by atoms with Crippen molar-refractivity contribution in [2.45, 2.75) is 331 Å². The molecule has 1 aliphatic carbocycles. The summed E-state index contributed by atoms with van der Waals surface area (Å²) < 4.78 is 7.16. The molecule has 0 bridgehead atoms. The summed E-state index contributed by atoms with van der Waals surface area (Å²) in [5.41, 5.74) is 12.8. The van der Waals surface area contributed by atoms with Crippen LogP contribution in [-0.2, 0) is 38.5 Å². The monoisotopic (exact) mass is 2130 g/mol. The molecule has 4 aromatic rings. The van der Waals surface area contributed by atoms with Crippen molar-refractivity contribution in [1.29, 1.82) is 0 Å². The number of amides is 2. The number of rotatable bonds is 25. The molecule has 6 rings (SSSR count). The fourth-order valence-corrected chi connectivity index (χ4v) is 9.28. The summed E-state index contributed by atoms with van der Waals surface area (Å²) in [7, 11) is 9.29. The molecule has 0 saturated heterocycles. The Kier molecular flexibility index (Phi) is 97.1. The smallest absolute Gasteiger partial charge is 0.251 e. The number of allylic oxidation sites excluding steroid dienone is 6. The Balaban J connectivity index is -0.000000135. The second-order valence-corrected chi connectivity index (χ2v) is 35.8. The van der Waals surface area contributed by atoms with E-state index in [9.17, 15) is 19.2 Å². The maximum Gasteiger partial charge on any atom is 0.251 e. The number of hydrazine groups is 1. The number of hydrogen-bond acceptors (Lipinski definition) is 10. The molecule has 3 N–H and O–H groups in total. The molecule has 2 heterocycles. The van der Waals surface area contributed by atoms with Gasteiger partial charge in [-0.15, -0.1) is 13.5 Å². The van der Waals surface area contributed by atoms with Crippen molar-refractivity contribution >= 4 is 59.5 Å². The Morgan fingerprint density at radius 3 is 1.30 bits per heavy atom. The van der Waals surface area contributed by atoms with Gasteiger partial charge in [0.05, 0.1) is 12.6 Å². The van der Waals surface area contributed by atoms with Crippen molar-refractivity contribution in [3.8, 4) is 0 Å². The number of ketones is 2. The number of ether oxygens (including phenoxy) is 1. The third kappa shape index (κ3) is 80.0. The fraction of sp³-hybridized carbons (Fsp3) is 0.670. The summed E-state index contributed by atoms with van der Waals surface area (Å²) in [5.74, 6) is 12.2. The van der Waals surface area contributed by atoms with E-state index >= 15 is 0 Å². The number of nitrogens with zero attached hydrogens (tertiary/aromatic N) is 3. The molecule has 1 aliphatic heterocycles. The molecule has 2 amide bonds. The Hall–Kier alpha value is -3.18. The van der Waals surface area contributed by atoms with Crippen LogP contribution in [-0.4, -0.2) is 103 Å². The predicted molar refractivity (Wildman–Crippen MR) is 527 cm³/mol. The Bertz CT molecular complexity index is 3060. The molecule has 3 unspecified atom stereocenters. The van der Waals surface area contributed by atoms with Crippen LogP contribution in [0.1, 0.15) is 327 Å². The summed E-state index contributed by atoms with van der Waals surface area (Å²) in [6, 6.07) is 29.1.